The second kappa shape index (κ2) is 10.8. The molecule has 33 heavy (non-hydrogen) atoms. The second-order valence-electron chi connectivity index (χ2n) is 8.14. The molecule has 7 heteroatoms. The third-order valence-corrected chi connectivity index (χ3v) is 5.40. The van der Waals surface area contributed by atoms with Crippen molar-refractivity contribution in [1.82, 2.24) is 15.1 Å². The number of amides is 1. The van der Waals surface area contributed by atoms with E-state index in [-0.39, 0.29) is 18.0 Å². The highest BCUT2D eigenvalue weighted by Crippen LogP contribution is 2.21. The van der Waals surface area contributed by atoms with Crippen LogP contribution in [0.25, 0.3) is 5.69 Å². The van der Waals surface area contributed by atoms with Crippen molar-refractivity contribution in [3.05, 3.63) is 76.6 Å². The van der Waals surface area contributed by atoms with Gasteiger partial charge in [0.2, 0.25) is 0 Å². The van der Waals surface area contributed by atoms with Crippen LogP contribution < -0.4 is 10.1 Å². The van der Waals surface area contributed by atoms with Crippen molar-refractivity contribution in [2.45, 2.75) is 53.2 Å². The summed E-state index contributed by atoms with van der Waals surface area (Å²) in [6.07, 6.45) is 0.950. The van der Waals surface area contributed by atoms with Gasteiger partial charge in [0, 0.05) is 29.8 Å². The number of aryl methyl sites for hydroxylation is 1. The monoisotopic (exact) mass is 449 g/mol. The fraction of sp³-hybridized carbons (Fsp3) is 0.346. The van der Waals surface area contributed by atoms with Gasteiger partial charge < -0.3 is 14.8 Å². The Kier molecular flexibility index (Phi) is 7.87. The van der Waals surface area contributed by atoms with Crippen LogP contribution in [-0.4, -0.2) is 34.9 Å². The molecule has 3 rings (SSSR count). The molecule has 7 nitrogen and oxygen atoms in total. The van der Waals surface area contributed by atoms with E-state index in [1.807, 2.05) is 68.8 Å². The van der Waals surface area contributed by atoms with E-state index in [9.17, 15) is 9.59 Å². The Hall–Kier alpha value is -3.61. The highest BCUT2D eigenvalue weighted by Gasteiger charge is 2.15. The summed E-state index contributed by atoms with van der Waals surface area (Å²) in [4.78, 5) is 24.2. The number of hydrogen-bond acceptors (Lipinski definition) is 5. The molecule has 2 aromatic carbocycles. The van der Waals surface area contributed by atoms with E-state index in [4.69, 9.17) is 9.47 Å². The standard InChI is InChI=1S/C26H31N3O4/c1-17(2)33-24-9-7-6-8-21(24)16-27-26(31)20-10-12-22(13-11-20)29-19(4)23(18(3)28-29)14-15-25(30)32-5/h6-13,17H,14-16H2,1-5H3,(H,27,31). The minimum Gasteiger partial charge on any atom is -0.491 e. The maximum Gasteiger partial charge on any atom is 0.305 e. The molecule has 3 aromatic rings. The first kappa shape index (κ1) is 24.0. The lowest BCUT2D eigenvalue weighted by Gasteiger charge is -2.14. The topological polar surface area (TPSA) is 82.5 Å². The summed E-state index contributed by atoms with van der Waals surface area (Å²) in [5.41, 5.74) is 5.22. The smallest absolute Gasteiger partial charge is 0.305 e. The highest BCUT2D eigenvalue weighted by molar-refractivity contribution is 5.94. The summed E-state index contributed by atoms with van der Waals surface area (Å²) in [5, 5.41) is 7.58. The zero-order valence-corrected chi connectivity index (χ0v) is 19.8. The van der Waals surface area contributed by atoms with E-state index in [1.54, 1.807) is 12.1 Å². The highest BCUT2D eigenvalue weighted by atomic mass is 16.5. The fourth-order valence-electron chi connectivity index (χ4n) is 3.67. The van der Waals surface area contributed by atoms with Crippen molar-refractivity contribution in [1.29, 1.82) is 0 Å². The van der Waals surface area contributed by atoms with Gasteiger partial charge in [-0.1, -0.05) is 18.2 Å². The number of nitrogens with one attached hydrogen (secondary N) is 1. The average molecular weight is 450 g/mol. The Morgan fingerprint density at radius 3 is 2.42 bits per heavy atom. The van der Waals surface area contributed by atoms with Gasteiger partial charge in [-0.15, -0.1) is 0 Å². The molecule has 0 atom stereocenters. The van der Waals surface area contributed by atoms with Crippen LogP contribution in [0.4, 0.5) is 0 Å². The van der Waals surface area contributed by atoms with Crippen LogP contribution in [0.15, 0.2) is 48.5 Å². The Labute approximate surface area is 194 Å². The van der Waals surface area contributed by atoms with Crippen LogP contribution in [0.5, 0.6) is 5.75 Å². The van der Waals surface area contributed by atoms with Gasteiger partial charge in [0.25, 0.3) is 5.91 Å². The third kappa shape index (κ3) is 6.00. The summed E-state index contributed by atoms with van der Waals surface area (Å²) < 4.78 is 12.4. The number of nitrogens with zero attached hydrogens (tertiary/aromatic N) is 2. The summed E-state index contributed by atoms with van der Waals surface area (Å²) in [6, 6.07) is 15.0. The van der Waals surface area contributed by atoms with Gasteiger partial charge in [-0.25, -0.2) is 4.68 Å². The molecule has 0 bridgehead atoms. The van der Waals surface area contributed by atoms with Crippen LogP contribution in [0.2, 0.25) is 0 Å². The number of carbonyl (C=O) groups excluding carboxylic acids is 2. The molecule has 0 radical (unpaired) electrons. The van der Waals surface area contributed by atoms with Gasteiger partial charge >= 0.3 is 5.97 Å². The van der Waals surface area contributed by atoms with Gasteiger partial charge in [0.1, 0.15) is 5.75 Å². The maximum atomic E-state index is 12.7. The maximum absolute atomic E-state index is 12.7. The Bertz CT molecular complexity index is 1120. The minimum atomic E-state index is -0.240. The summed E-state index contributed by atoms with van der Waals surface area (Å²) in [5.74, 6) is 0.374. The number of ether oxygens (including phenoxy) is 2. The lowest BCUT2D eigenvalue weighted by atomic mass is 10.1. The Balaban J connectivity index is 1.68. The molecule has 1 N–H and O–H groups in total. The van der Waals surface area contributed by atoms with Gasteiger partial charge in [-0.05, 0) is 70.0 Å². The molecule has 0 saturated carbocycles. The zero-order valence-electron chi connectivity index (χ0n) is 19.8. The van der Waals surface area contributed by atoms with Crippen LogP contribution in [0.1, 0.15) is 53.1 Å². The van der Waals surface area contributed by atoms with Gasteiger partial charge in [-0.2, -0.15) is 5.10 Å². The normalized spacial score (nSPS) is 10.8. The number of methoxy groups -OCH3 is 1. The SMILES string of the molecule is COC(=O)CCc1c(C)nn(-c2ccc(C(=O)NCc3ccccc3OC(C)C)cc2)c1C. The van der Waals surface area contributed by atoms with Crippen molar-refractivity contribution in [2.24, 2.45) is 0 Å². The molecule has 0 aliphatic rings. The zero-order chi connectivity index (χ0) is 24.0. The first-order valence-electron chi connectivity index (χ1n) is 11.0. The second-order valence-corrected chi connectivity index (χ2v) is 8.14. The molecule has 0 aliphatic heterocycles. The lowest BCUT2D eigenvalue weighted by molar-refractivity contribution is -0.140. The van der Waals surface area contributed by atoms with E-state index in [0.717, 1.165) is 34.0 Å². The van der Waals surface area contributed by atoms with Gasteiger partial charge in [0.15, 0.2) is 0 Å². The van der Waals surface area contributed by atoms with E-state index in [0.29, 0.717) is 24.9 Å². The van der Waals surface area contributed by atoms with Gasteiger partial charge in [-0.3, -0.25) is 9.59 Å². The number of hydrogen-bond donors (Lipinski definition) is 1. The average Bonchev–Trinajstić information content (AvgIpc) is 3.09. The number of esters is 1. The molecule has 0 aliphatic carbocycles. The van der Waals surface area contributed by atoms with Crippen molar-refractivity contribution >= 4 is 11.9 Å². The van der Waals surface area contributed by atoms with E-state index < -0.39 is 0 Å². The van der Waals surface area contributed by atoms with Gasteiger partial charge in [0.05, 0.1) is 24.6 Å². The number of benzene rings is 2. The van der Waals surface area contributed by atoms with Crippen molar-refractivity contribution in [3.63, 3.8) is 0 Å². The van der Waals surface area contributed by atoms with Crippen molar-refractivity contribution in [2.75, 3.05) is 7.11 Å². The number of carbonyl (C=O) groups is 2. The molecule has 174 valence electrons. The fourth-order valence-corrected chi connectivity index (χ4v) is 3.67. The van der Waals surface area contributed by atoms with E-state index in [2.05, 4.69) is 10.4 Å². The molecule has 0 spiro atoms. The molecule has 1 aromatic heterocycles. The molecule has 0 fully saturated rings. The molecule has 1 amide bonds. The van der Waals surface area contributed by atoms with Crippen LogP contribution in [0.3, 0.4) is 0 Å². The first-order chi connectivity index (χ1) is 15.8. The summed E-state index contributed by atoms with van der Waals surface area (Å²) in [6.45, 7) is 8.23. The summed E-state index contributed by atoms with van der Waals surface area (Å²) in [7, 11) is 1.39. The Morgan fingerprint density at radius 2 is 1.76 bits per heavy atom. The quantitative estimate of drug-likeness (QED) is 0.492. The van der Waals surface area contributed by atoms with Crippen LogP contribution >= 0.6 is 0 Å². The largest absolute Gasteiger partial charge is 0.491 e. The van der Waals surface area contributed by atoms with Crippen LogP contribution in [-0.2, 0) is 22.5 Å². The van der Waals surface area contributed by atoms with E-state index in [1.165, 1.54) is 7.11 Å². The summed E-state index contributed by atoms with van der Waals surface area (Å²) >= 11 is 0. The van der Waals surface area contributed by atoms with Crippen molar-refractivity contribution < 1.29 is 19.1 Å². The molecule has 1 heterocycles. The predicted molar refractivity (Wildman–Crippen MR) is 127 cm³/mol. The van der Waals surface area contributed by atoms with Crippen LogP contribution in [0, 0.1) is 13.8 Å². The molecular formula is C26H31N3O4. The Morgan fingerprint density at radius 1 is 1.06 bits per heavy atom. The predicted octanol–water partition coefficient (Wildman–Crippen LogP) is 4.31. The third-order valence-electron chi connectivity index (χ3n) is 5.40. The lowest BCUT2D eigenvalue weighted by Crippen LogP contribution is -2.23. The number of rotatable bonds is 9. The minimum absolute atomic E-state index is 0.0600. The number of aromatic nitrogens is 2. The molecular weight excluding hydrogens is 418 g/mol. The van der Waals surface area contributed by atoms with E-state index >= 15 is 0 Å². The number of para-hydroxylation sites is 1. The first-order valence-corrected chi connectivity index (χ1v) is 11.0. The van der Waals surface area contributed by atoms with Crippen molar-refractivity contribution in [3.8, 4) is 11.4 Å². The molecule has 0 unspecified atom stereocenters. The molecule has 0 saturated heterocycles.